The number of halogens is 3. The molecule has 0 aromatic carbocycles. The molecule has 0 bridgehead atoms. The number of aromatic nitrogens is 4. The van der Waals surface area contributed by atoms with Crippen LogP contribution in [0.4, 0.5) is 13.2 Å². The number of fused-ring (bicyclic) bond motifs is 1. The summed E-state index contributed by atoms with van der Waals surface area (Å²) in [6, 6.07) is 2.40. The van der Waals surface area contributed by atoms with Crippen LogP contribution < -0.4 is 5.63 Å². The molecule has 0 atom stereocenters. The van der Waals surface area contributed by atoms with E-state index in [4.69, 9.17) is 4.42 Å². The molecule has 0 spiro atoms. The van der Waals surface area contributed by atoms with E-state index in [1.165, 1.54) is 19.1 Å². The molecule has 0 amide bonds. The smallest absolute Gasteiger partial charge is 0.453 e. The number of aromatic hydroxyl groups is 1. The number of aryl methyl sites for hydroxylation is 1. The predicted octanol–water partition coefficient (Wildman–Crippen LogP) is 1.78. The number of alkyl halides is 3. The second kappa shape index (κ2) is 4.55. The first-order valence-electron chi connectivity index (χ1n) is 5.90. The SMILES string of the molecule is Cc1cc(O)c(-c2ccnc3nc(C(F)(F)F)nn23)c(=O)o1. The van der Waals surface area contributed by atoms with Crippen molar-refractivity contribution < 1.29 is 22.7 Å². The van der Waals surface area contributed by atoms with E-state index >= 15 is 0 Å². The first kappa shape index (κ1) is 14.0. The zero-order chi connectivity index (χ0) is 16.1. The highest BCUT2D eigenvalue weighted by atomic mass is 19.4. The minimum Gasteiger partial charge on any atom is -0.507 e. The maximum absolute atomic E-state index is 12.7. The van der Waals surface area contributed by atoms with E-state index in [-0.39, 0.29) is 22.8 Å². The Bertz CT molecular complexity index is 929. The van der Waals surface area contributed by atoms with Crippen LogP contribution in [0.15, 0.2) is 27.5 Å². The fourth-order valence-electron chi connectivity index (χ4n) is 1.94. The summed E-state index contributed by atoms with van der Waals surface area (Å²) in [6.07, 6.45) is -3.61. The lowest BCUT2D eigenvalue weighted by Gasteiger charge is -2.05. The maximum Gasteiger partial charge on any atom is 0.453 e. The molecule has 3 rings (SSSR count). The molecule has 22 heavy (non-hydrogen) atoms. The van der Waals surface area contributed by atoms with Gasteiger partial charge >= 0.3 is 11.8 Å². The third kappa shape index (κ3) is 2.18. The van der Waals surface area contributed by atoms with Gasteiger partial charge in [-0.3, -0.25) is 0 Å². The molecule has 0 saturated carbocycles. The third-order valence-electron chi connectivity index (χ3n) is 2.80. The lowest BCUT2D eigenvalue weighted by molar-refractivity contribution is -0.144. The fourth-order valence-corrected chi connectivity index (χ4v) is 1.94. The maximum atomic E-state index is 12.7. The normalized spacial score (nSPS) is 12.0. The second-order valence-electron chi connectivity index (χ2n) is 4.38. The molecule has 0 saturated heterocycles. The summed E-state index contributed by atoms with van der Waals surface area (Å²) in [4.78, 5) is 18.8. The molecule has 3 heterocycles. The largest absolute Gasteiger partial charge is 0.507 e. The molecule has 0 aliphatic rings. The number of rotatable bonds is 1. The van der Waals surface area contributed by atoms with Crippen molar-refractivity contribution in [1.82, 2.24) is 19.6 Å². The van der Waals surface area contributed by atoms with E-state index in [0.717, 1.165) is 10.7 Å². The number of hydrogen-bond donors (Lipinski definition) is 1. The molecule has 0 unspecified atom stereocenters. The van der Waals surface area contributed by atoms with Gasteiger partial charge in [0.25, 0.3) is 11.6 Å². The van der Waals surface area contributed by atoms with Crippen molar-refractivity contribution in [2.75, 3.05) is 0 Å². The molecule has 7 nitrogen and oxygen atoms in total. The van der Waals surface area contributed by atoms with Crippen LogP contribution >= 0.6 is 0 Å². The van der Waals surface area contributed by atoms with E-state index in [1.807, 2.05) is 0 Å². The Morgan fingerprint density at radius 1 is 1.36 bits per heavy atom. The average Bonchev–Trinajstić information content (AvgIpc) is 2.82. The summed E-state index contributed by atoms with van der Waals surface area (Å²) in [5, 5.41) is 13.2. The summed E-state index contributed by atoms with van der Waals surface area (Å²) in [6.45, 7) is 1.45. The molecule has 0 aliphatic heterocycles. The van der Waals surface area contributed by atoms with Crippen molar-refractivity contribution >= 4 is 5.78 Å². The lowest BCUT2D eigenvalue weighted by Crippen LogP contribution is -2.09. The van der Waals surface area contributed by atoms with Gasteiger partial charge in [0.15, 0.2) is 0 Å². The molecular formula is C12H7F3N4O3. The highest BCUT2D eigenvalue weighted by Crippen LogP contribution is 2.29. The minimum atomic E-state index is -4.76. The van der Waals surface area contributed by atoms with E-state index in [0.29, 0.717) is 0 Å². The van der Waals surface area contributed by atoms with Crippen LogP contribution in [-0.2, 0) is 6.18 Å². The van der Waals surface area contributed by atoms with Crippen LogP contribution in [0.2, 0.25) is 0 Å². The number of hydrogen-bond acceptors (Lipinski definition) is 6. The molecule has 0 aliphatic carbocycles. The zero-order valence-electron chi connectivity index (χ0n) is 10.9. The molecule has 3 aromatic rings. The summed E-state index contributed by atoms with van der Waals surface area (Å²) < 4.78 is 43.6. The highest BCUT2D eigenvalue weighted by Gasteiger charge is 2.37. The van der Waals surface area contributed by atoms with Crippen molar-refractivity contribution in [2.45, 2.75) is 13.1 Å². The molecule has 0 radical (unpaired) electrons. The summed E-state index contributed by atoms with van der Waals surface area (Å²) >= 11 is 0. The van der Waals surface area contributed by atoms with Gasteiger partial charge in [0.2, 0.25) is 0 Å². The second-order valence-corrected chi connectivity index (χ2v) is 4.38. The van der Waals surface area contributed by atoms with Gasteiger partial charge < -0.3 is 9.52 Å². The Hall–Kier alpha value is -2.91. The molecule has 1 N–H and O–H groups in total. The van der Waals surface area contributed by atoms with E-state index in [9.17, 15) is 23.1 Å². The molecule has 3 aromatic heterocycles. The Labute approximate surface area is 119 Å². The lowest BCUT2D eigenvalue weighted by atomic mass is 10.2. The van der Waals surface area contributed by atoms with Gasteiger partial charge in [-0.2, -0.15) is 22.7 Å². The van der Waals surface area contributed by atoms with Gasteiger partial charge in [-0.25, -0.2) is 9.78 Å². The van der Waals surface area contributed by atoms with Gasteiger partial charge in [-0.15, -0.1) is 5.10 Å². The van der Waals surface area contributed by atoms with E-state index in [2.05, 4.69) is 15.1 Å². The van der Waals surface area contributed by atoms with Crippen molar-refractivity contribution in [3.63, 3.8) is 0 Å². The quantitative estimate of drug-likeness (QED) is 0.736. The average molecular weight is 312 g/mol. The summed E-state index contributed by atoms with van der Waals surface area (Å²) in [7, 11) is 0. The van der Waals surface area contributed by atoms with E-state index in [1.54, 1.807) is 0 Å². The molecule has 0 fully saturated rings. The first-order valence-corrected chi connectivity index (χ1v) is 5.90. The van der Waals surface area contributed by atoms with Crippen molar-refractivity contribution in [3.05, 3.63) is 40.3 Å². The molecule has 10 heteroatoms. The van der Waals surface area contributed by atoms with Crippen LogP contribution in [0.1, 0.15) is 11.6 Å². The standard InChI is InChI=1S/C12H7F3N4O3/c1-5-4-7(20)8(9(21)22-5)6-2-3-16-11-17-10(12(13,14)15)18-19(6)11/h2-4,20H,1H3. The van der Waals surface area contributed by atoms with Crippen LogP contribution in [0.25, 0.3) is 17.0 Å². The number of nitrogens with zero attached hydrogens (tertiary/aromatic N) is 4. The summed E-state index contributed by atoms with van der Waals surface area (Å²) in [5.41, 5.74) is -1.34. The molecular weight excluding hydrogens is 305 g/mol. The van der Waals surface area contributed by atoms with Gasteiger partial charge in [0.05, 0.1) is 5.69 Å². The Morgan fingerprint density at radius 2 is 2.09 bits per heavy atom. The zero-order valence-corrected chi connectivity index (χ0v) is 10.9. The van der Waals surface area contributed by atoms with Crippen molar-refractivity contribution in [2.24, 2.45) is 0 Å². The van der Waals surface area contributed by atoms with E-state index < -0.39 is 23.4 Å². The van der Waals surface area contributed by atoms with Crippen LogP contribution in [0.5, 0.6) is 5.75 Å². The van der Waals surface area contributed by atoms with Gasteiger partial charge in [0, 0.05) is 12.3 Å². The summed E-state index contributed by atoms with van der Waals surface area (Å²) in [5.74, 6) is -2.04. The Kier molecular flexibility index (Phi) is 2.90. The minimum absolute atomic E-state index is 0.112. The van der Waals surface area contributed by atoms with Gasteiger partial charge in [-0.05, 0) is 13.0 Å². The first-order chi connectivity index (χ1) is 10.3. The topological polar surface area (TPSA) is 93.5 Å². The molecule has 114 valence electrons. The van der Waals surface area contributed by atoms with Crippen molar-refractivity contribution in [3.8, 4) is 17.0 Å². The van der Waals surface area contributed by atoms with Crippen LogP contribution in [0.3, 0.4) is 0 Å². The fraction of sp³-hybridized carbons (Fsp3) is 0.167. The Balaban J connectivity index is 2.33. The van der Waals surface area contributed by atoms with Crippen LogP contribution in [-0.4, -0.2) is 24.7 Å². The monoisotopic (exact) mass is 312 g/mol. The third-order valence-corrected chi connectivity index (χ3v) is 2.80. The predicted molar refractivity (Wildman–Crippen MR) is 66.2 cm³/mol. The van der Waals surface area contributed by atoms with Gasteiger partial charge in [-0.1, -0.05) is 0 Å². The highest BCUT2D eigenvalue weighted by molar-refractivity contribution is 5.66. The Morgan fingerprint density at radius 3 is 2.73 bits per heavy atom. The van der Waals surface area contributed by atoms with Crippen molar-refractivity contribution in [1.29, 1.82) is 0 Å². The van der Waals surface area contributed by atoms with Gasteiger partial charge in [0.1, 0.15) is 17.1 Å². The van der Waals surface area contributed by atoms with Crippen LogP contribution in [0, 0.1) is 6.92 Å².